The number of primary sulfonamides is 1. The second-order valence-electron chi connectivity index (χ2n) is 5.12. The molecule has 0 bridgehead atoms. The highest BCUT2D eigenvalue weighted by atomic mass is 79.9. The molecule has 6 nitrogen and oxygen atoms in total. The van der Waals surface area contributed by atoms with E-state index in [9.17, 15) is 13.2 Å². The fraction of sp³-hybridized carbons (Fsp3) is 0.462. The average Bonchev–Trinajstić information content (AvgIpc) is 2.40. The molecule has 8 heteroatoms. The van der Waals surface area contributed by atoms with Crippen LogP contribution in [0.25, 0.3) is 0 Å². The Bertz CT molecular complexity index is 655. The van der Waals surface area contributed by atoms with Crippen LogP contribution >= 0.6 is 15.9 Å². The van der Waals surface area contributed by atoms with Gasteiger partial charge in [-0.05, 0) is 50.6 Å². The number of nitrogens with one attached hydrogen (secondary N) is 2. The number of halogens is 1. The SMILES string of the molecule is Cc1c(C(=O)NC2CCNCC2)cc(Br)cc1S(N)(=O)=O. The fourth-order valence-corrected chi connectivity index (χ4v) is 3.85. The van der Waals surface area contributed by atoms with Crippen LogP contribution in [0.5, 0.6) is 0 Å². The molecule has 0 aliphatic carbocycles. The molecular weight excluding hydrogens is 358 g/mol. The van der Waals surface area contributed by atoms with Crippen molar-refractivity contribution in [2.24, 2.45) is 5.14 Å². The van der Waals surface area contributed by atoms with Gasteiger partial charge in [-0.15, -0.1) is 0 Å². The summed E-state index contributed by atoms with van der Waals surface area (Å²) in [6.45, 7) is 3.32. The predicted octanol–water partition coefficient (Wildman–Crippen LogP) is 0.887. The van der Waals surface area contributed by atoms with Gasteiger partial charge in [0.05, 0.1) is 4.90 Å². The van der Waals surface area contributed by atoms with E-state index in [1.807, 2.05) is 0 Å². The number of sulfonamides is 1. The second-order valence-corrected chi connectivity index (χ2v) is 7.56. The minimum absolute atomic E-state index is 0.0349. The van der Waals surface area contributed by atoms with Crippen molar-refractivity contribution in [1.82, 2.24) is 10.6 Å². The summed E-state index contributed by atoms with van der Waals surface area (Å²) in [6.07, 6.45) is 1.72. The van der Waals surface area contributed by atoms with Crippen LogP contribution in [0, 0.1) is 6.92 Å². The Morgan fingerprint density at radius 3 is 2.57 bits per heavy atom. The number of piperidine rings is 1. The van der Waals surface area contributed by atoms with Gasteiger partial charge >= 0.3 is 0 Å². The van der Waals surface area contributed by atoms with E-state index in [2.05, 4.69) is 26.6 Å². The lowest BCUT2D eigenvalue weighted by atomic mass is 10.0. The largest absolute Gasteiger partial charge is 0.349 e. The molecular formula is C13H18BrN3O3S. The average molecular weight is 376 g/mol. The van der Waals surface area contributed by atoms with E-state index in [1.54, 1.807) is 13.0 Å². The Morgan fingerprint density at radius 1 is 1.38 bits per heavy atom. The highest BCUT2D eigenvalue weighted by molar-refractivity contribution is 9.10. The van der Waals surface area contributed by atoms with Crippen molar-refractivity contribution in [3.05, 3.63) is 27.7 Å². The van der Waals surface area contributed by atoms with Crippen LogP contribution in [-0.2, 0) is 10.0 Å². The van der Waals surface area contributed by atoms with Gasteiger partial charge in [0, 0.05) is 16.1 Å². The van der Waals surface area contributed by atoms with Crippen LogP contribution in [0.15, 0.2) is 21.5 Å². The van der Waals surface area contributed by atoms with E-state index >= 15 is 0 Å². The predicted molar refractivity (Wildman–Crippen MR) is 83.6 cm³/mol. The summed E-state index contributed by atoms with van der Waals surface area (Å²) in [5.74, 6) is -0.273. The molecule has 1 saturated heterocycles. The third-order valence-corrected chi connectivity index (χ3v) is 5.05. The molecule has 1 heterocycles. The number of hydrogen-bond donors (Lipinski definition) is 3. The molecule has 1 aliphatic rings. The smallest absolute Gasteiger partial charge is 0.251 e. The van der Waals surface area contributed by atoms with Gasteiger partial charge in [0.15, 0.2) is 0 Å². The summed E-state index contributed by atoms with van der Waals surface area (Å²) in [5.41, 5.74) is 0.694. The number of amides is 1. The lowest BCUT2D eigenvalue weighted by Crippen LogP contribution is -2.43. The first kappa shape index (κ1) is 16.4. The van der Waals surface area contributed by atoms with Crippen LogP contribution in [0.2, 0.25) is 0 Å². The summed E-state index contributed by atoms with van der Waals surface area (Å²) in [6, 6.07) is 3.13. The summed E-state index contributed by atoms with van der Waals surface area (Å²) < 4.78 is 23.7. The molecule has 2 rings (SSSR count). The molecule has 1 aromatic rings. The van der Waals surface area contributed by atoms with Crippen LogP contribution in [-0.4, -0.2) is 33.5 Å². The number of benzene rings is 1. The molecule has 1 aliphatic heterocycles. The van der Waals surface area contributed by atoms with Crippen molar-refractivity contribution in [3.63, 3.8) is 0 Å². The Kier molecular flexibility index (Phi) is 5.03. The Hall–Kier alpha value is -0.960. The Morgan fingerprint density at radius 2 is 2.00 bits per heavy atom. The molecule has 0 unspecified atom stereocenters. The molecule has 1 amide bonds. The highest BCUT2D eigenvalue weighted by Gasteiger charge is 2.22. The van der Waals surface area contributed by atoms with Crippen LogP contribution < -0.4 is 15.8 Å². The Labute approximate surface area is 132 Å². The maximum atomic E-state index is 12.4. The molecule has 4 N–H and O–H groups in total. The number of hydrogen-bond acceptors (Lipinski definition) is 4. The van der Waals surface area contributed by atoms with Gasteiger partial charge in [-0.3, -0.25) is 4.79 Å². The molecule has 0 spiro atoms. The second kappa shape index (κ2) is 6.43. The number of carbonyl (C=O) groups is 1. The van der Waals surface area contributed by atoms with E-state index in [4.69, 9.17) is 5.14 Å². The van der Waals surface area contributed by atoms with Crippen molar-refractivity contribution in [3.8, 4) is 0 Å². The number of carbonyl (C=O) groups excluding carboxylic acids is 1. The minimum atomic E-state index is -3.87. The summed E-state index contributed by atoms with van der Waals surface area (Å²) in [4.78, 5) is 12.3. The normalized spacial score (nSPS) is 16.7. The quantitative estimate of drug-likeness (QED) is 0.729. The number of rotatable bonds is 3. The summed E-state index contributed by atoms with van der Waals surface area (Å²) in [5, 5.41) is 11.4. The monoisotopic (exact) mass is 375 g/mol. The molecule has 0 atom stereocenters. The van der Waals surface area contributed by atoms with Crippen molar-refractivity contribution in [2.75, 3.05) is 13.1 Å². The van der Waals surface area contributed by atoms with Gasteiger partial charge in [0.2, 0.25) is 10.0 Å². The van der Waals surface area contributed by atoms with E-state index in [1.165, 1.54) is 6.07 Å². The molecule has 0 aromatic heterocycles. The Balaban J connectivity index is 2.30. The molecule has 0 saturated carbocycles. The van der Waals surface area contributed by atoms with Crippen molar-refractivity contribution < 1.29 is 13.2 Å². The first-order valence-electron chi connectivity index (χ1n) is 6.63. The third-order valence-electron chi connectivity index (χ3n) is 3.55. The van der Waals surface area contributed by atoms with E-state index < -0.39 is 10.0 Å². The fourth-order valence-electron chi connectivity index (χ4n) is 2.41. The van der Waals surface area contributed by atoms with Gasteiger partial charge in [-0.1, -0.05) is 15.9 Å². The lowest BCUT2D eigenvalue weighted by molar-refractivity contribution is 0.0928. The van der Waals surface area contributed by atoms with Crippen molar-refractivity contribution in [1.29, 1.82) is 0 Å². The summed E-state index contributed by atoms with van der Waals surface area (Å²) in [7, 11) is -3.87. The minimum Gasteiger partial charge on any atom is -0.349 e. The highest BCUT2D eigenvalue weighted by Crippen LogP contribution is 2.24. The zero-order valence-corrected chi connectivity index (χ0v) is 14.1. The van der Waals surface area contributed by atoms with Crippen LogP contribution in [0.3, 0.4) is 0 Å². The molecule has 0 radical (unpaired) electrons. The third kappa shape index (κ3) is 4.03. The van der Waals surface area contributed by atoms with Gasteiger partial charge < -0.3 is 10.6 Å². The van der Waals surface area contributed by atoms with Gasteiger partial charge in [-0.2, -0.15) is 0 Å². The standard InChI is InChI=1S/C13H18BrN3O3S/c1-8-11(6-9(14)7-12(8)21(15,19)20)13(18)17-10-2-4-16-5-3-10/h6-7,10,16H,2-5H2,1H3,(H,17,18)(H2,15,19,20). The molecule has 1 fully saturated rings. The van der Waals surface area contributed by atoms with Crippen molar-refractivity contribution in [2.45, 2.75) is 30.7 Å². The maximum absolute atomic E-state index is 12.4. The van der Waals surface area contributed by atoms with E-state index in [0.29, 0.717) is 15.6 Å². The van der Waals surface area contributed by atoms with Gasteiger partial charge in [-0.25, -0.2) is 13.6 Å². The van der Waals surface area contributed by atoms with E-state index in [0.717, 1.165) is 25.9 Å². The number of nitrogens with two attached hydrogens (primary N) is 1. The topological polar surface area (TPSA) is 101 Å². The lowest BCUT2D eigenvalue weighted by Gasteiger charge is -2.24. The van der Waals surface area contributed by atoms with Crippen LogP contribution in [0.4, 0.5) is 0 Å². The molecule has 116 valence electrons. The van der Waals surface area contributed by atoms with Crippen molar-refractivity contribution >= 4 is 31.9 Å². The van der Waals surface area contributed by atoms with Crippen LogP contribution in [0.1, 0.15) is 28.8 Å². The van der Waals surface area contributed by atoms with E-state index in [-0.39, 0.29) is 16.8 Å². The molecule has 21 heavy (non-hydrogen) atoms. The zero-order valence-electron chi connectivity index (χ0n) is 11.6. The first-order valence-corrected chi connectivity index (χ1v) is 8.97. The van der Waals surface area contributed by atoms with Gasteiger partial charge in [0.1, 0.15) is 0 Å². The maximum Gasteiger partial charge on any atom is 0.251 e. The zero-order chi connectivity index (χ0) is 15.6. The first-order chi connectivity index (χ1) is 9.79. The summed E-state index contributed by atoms with van der Waals surface area (Å²) >= 11 is 3.22. The molecule has 1 aromatic carbocycles. The van der Waals surface area contributed by atoms with Gasteiger partial charge in [0.25, 0.3) is 5.91 Å².